The van der Waals surface area contributed by atoms with Crippen molar-refractivity contribution in [1.82, 2.24) is 0 Å². The topological polar surface area (TPSA) is 95.5 Å². The first-order chi connectivity index (χ1) is 16.2. The number of rotatable bonds is 7. The van der Waals surface area contributed by atoms with Crippen LogP contribution in [0.25, 0.3) is 0 Å². The van der Waals surface area contributed by atoms with Crippen molar-refractivity contribution in [2.75, 3.05) is 5.32 Å². The molecular formula is C25H23F3NNaO5S. The molecule has 0 spiro atoms. The zero-order valence-corrected chi connectivity index (χ0v) is 23.0. The predicted molar refractivity (Wildman–Crippen MR) is 124 cm³/mol. The Labute approximate surface area is 229 Å². The van der Waals surface area contributed by atoms with Gasteiger partial charge in [0.1, 0.15) is 15.9 Å². The Morgan fingerprint density at radius 1 is 0.944 bits per heavy atom. The van der Waals surface area contributed by atoms with Gasteiger partial charge in [-0.1, -0.05) is 45.0 Å². The van der Waals surface area contributed by atoms with Gasteiger partial charge >= 0.3 is 35.7 Å². The van der Waals surface area contributed by atoms with Crippen molar-refractivity contribution < 1.29 is 65.2 Å². The summed E-state index contributed by atoms with van der Waals surface area (Å²) in [6, 6.07) is 14.2. The minimum Gasteiger partial charge on any atom is -0.744 e. The van der Waals surface area contributed by atoms with Crippen LogP contribution >= 0.6 is 0 Å². The van der Waals surface area contributed by atoms with E-state index in [4.69, 9.17) is 4.74 Å². The van der Waals surface area contributed by atoms with E-state index >= 15 is 0 Å². The van der Waals surface area contributed by atoms with E-state index < -0.39 is 38.1 Å². The predicted octanol–water partition coefficient (Wildman–Crippen LogP) is 3.35. The fourth-order valence-corrected chi connectivity index (χ4v) is 3.84. The fourth-order valence-electron chi connectivity index (χ4n) is 3.21. The first kappa shape index (κ1) is 29.9. The quantitative estimate of drug-likeness (QED) is 0.374. The van der Waals surface area contributed by atoms with Crippen molar-refractivity contribution in [1.29, 1.82) is 0 Å². The molecule has 0 unspecified atom stereocenters. The summed E-state index contributed by atoms with van der Waals surface area (Å²) in [4.78, 5) is 11.9. The molecule has 1 amide bonds. The van der Waals surface area contributed by atoms with E-state index in [1.807, 2.05) is 20.8 Å². The third-order valence-corrected chi connectivity index (χ3v) is 6.55. The molecule has 0 fully saturated rings. The Kier molecular flexibility index (Phi) is 9.41. The van der Waals surface area contributed by atoms with Crippen molar-refractivity contribution in [2.45, 2.75) is 43.7 Å². The third kappa shape index (κ3) is 7.10. The molecule has 0 atom stereocenters. The first-order valence-electron chi connectivity index (χ1n) is 10.6. The molecule has 3 aromatic rings. The average Bonchev–Trinajstić information content (AvgIpc) is 2.79. The number of halogens is 3. The van der Waals surface area contributed by atoms with Crippen molar-refractivity contribution in [3.05, 3.63) is 83.4 Å². The van der Waals surface area contributed by atoms with Crippen LogP contribution in [0.1, 0.15) is 48.7 Å². The van der Waals surface area contributed by atoms with E-state index in [2.05, 4.69) is 5.32 Å². The summed E-state index contributed by atoms with van der Waals surface area (Å²) in [6.45, 7) is 5.65. The maximum absolute atomic E-state index is 13.3. The standard InChI is InChI=1S/C25H24F3NO5S.Na/c1-4-24(2,3)17-10-13-21(22(15-17)35(31,32)33)34-20-12-11-18(25(26,27)28)14-19(20)29-23(30)16-8-6-5-7-9-16;/h5-15H,4H2,1-3H3,(H,29,30)(H,31,32,33);/q;+1/p-1. The summed E-state index contributed by atoms with van der Waals surface area (Å²) in [5, 5.41) is 2.37. The van der Waals surface area contributed by atoms with Gasteiger partial charge in [-0.15, -0.1) is 0 Å². The Balaban J connectivity index is 0.00000456. The monoisotopic (exact) mass is 529 g/mol. The van der Waals surface area contributed by atoms with Crippen molar-refractivity contribution in [2.24, 2.45) is 0 Å². The molecule has 0 aliphatic rings. The number of carbonyl (C=O) groups excluding carboxylic acids is 1. The minimum absolute atomic E-state index is 0. The normalized spacial score (nSPS) is 12.0. The second kappa shape index (κ2) is 11.4. The molecule has 36 heavy (non-hydrogen) atoms. The first-order valence-corrected chi connectivity index (χ1v) is 12.0. The molecule has 0 bridgehead atoms. The maximum atomic E-state index is 13.3. The van der Waals surface area contributed by atoms with Crippen LogP contribution in [0.3, 0.4) is 0 Å². The van der Waals surface area contributed by atoms with Crippen LogP contribution in [-0.4, -0.2) is 18.9 Å². The second-order valence-electron chi connectivity index (χ2n) is 8.48. The van der Waals surface area contributed by atoms with E-state index in [9.17, 15) is 30.9 Å². The summed E-state index contributed by atoms with van der Waals surface area (Å²) >= 11 is 0. The van der Waals surface area contributed by atoms with Crippen molar-refractivity contribution >= 4 is 21.7 Å². The SMILES string of the molecule is CCC(C)(C)c1ccc(Oc2ccc(C(F)(F)F)cc2NC(=O)c2ccccc2)c(S(=O)(=O)[O-])c1.[Na+]. The molecule has 6 nitrogen and oxygen atoms in total. The van der Waals surface area contributed by atoms with Crippen LogP contribution in [0.15, 0.2) is 71.6 Å². The Hall–Kier alpha value is -2.37. The largest absolute Gasteiger partial charge is 1.00 e. The summed E-state index contributed by atoms with van der Waals surface area (Å²) < 4.78 is 81.6. The van der Waals surface area contributed by atoms with Crippen LogP contribution in [-0.2, 0) is 21.7 Å². The zero-order chi connectivity index (χ0) is 26.0. The van der Waals surface area contributed by atoms with E-state index in [1.165, 1.54) is 24.3 Å². The van der Waals surface area contributed by atoms with Gasteiger partial charge < -0.3 is 14.6 Å². The fraction of sp³-hybridized carbons (Fsp3) is 0.240. The van der Waals surface area contributed by atoms with Gasteiger partial charge in [0.25, 0.3) is 5.91 Å². The molecule has 3 aromatic carbocycles. The van der Waals surface area contributed by atoms with E-state index in [-0.39, 0.29) is 52.3 Å². The summed E-state index contributed by atoms with van der Waals surface area (Å²) in [5.74, 6) is -1.34. The van der Waals surface area contributed by atoms with Gasteiger partial charge in [0, 0.05) is 5.56 Å². The Morgan fingerprint density at radius 2 is 1.53 bits per heavy atom. The van der Waals surface area contributed by atoms with Gasteiger partial charge in [-0.05, 0) is 59.9 Å². The minimum atomic E-state index is -5.00. The van der Waals surface area contributed by atoms with Gasteiger partial charge in [-0.25, -0.2) is 8.42 Å². The average molecular weight is 530 g/mol. The number of carbonyl (C=O) groups is 1. The van der Waals surface area contributed by atoms with Crippen molar-refractivity contribution in [3.8, 4) is 11.5 Å². The number of anilines is 1. The number of amides is 1. The number of hydrogen-bond acceptors (Lipinski definition) is 5. The molecule has 11 heteroatoms. The summed E-state index contributed by atoms with van der Waals surface area (Å²) in [7, 11) is -5.00. The number of benzene rings is 3. The van der Waals surface area contributed by atoms with E-state index in [0.717, 1.165) is 12.1 Å². The Morgan fingerprint density at radius 3 is 2.08 bits per heavy atom. The van der Waals surface area contributed by atoms with Gasteiger partial charge in [-0.2, -0.15) is 13.2 Å². The van der Waals surface area contributed by atoms with Gasteiger partial charge in [0.2, 0.25) is 0 Å². The maximum Gasteiger partial charge on any atom is 1.00 e. The molecule has 0 saturated carbocycles. The molecule has 0 saturated heterocycles. The van der Waals surface area contributed by atoms with Crippen molar-refractivity contribution in [3.63, 3.8) is 0 Å². The molecule has 0 aliphatic heterocycles. The number of hydrogen-bond donors (Lipinski definition) is 1. The summed E-state index contributed by atoms with van der Waals surface area (Å²) in [5.41, 5.74) is -1.08. The van der Waals surface area contributed by atoms with Crippen LogP contribution in [0.4, 0.5) is 18.9 Å². The summed E-state index contributed by atoms with van der Waals surface area (Å²) in [6.07, 6.45) is -4.05. The van der Waals surface area contributed by atoms with Gasteiger partial charge in [-0.3, -0.25) is 4.79 Å². The van der Waals surface area contributed by atoms with Crippen LogP contribution in [0.2, 0.25) is 0 Å². The molecule has 0 aliphatic carbocycles. The number of nitrogens with one attached hydrogen (secondary N) is 1. The van der Waals surface area contributed by atoms with Crippen LogP contribution < -0.4 is 39.6 Å². The second-order valence-corrected chi connectivity index (χ2v) is 9.83. The van der Waals surface area contributed by atoms with Gasteiger partial charge in [0.05, 0.1) is 16.1 Å². The smallest absolute Gasteiger partial charge is 0.744 e. The van der Waals surface area contributed by atoms with Crippen LogP contribution in [0, 0.1) is 0 Å². The Bertz CT molecular complexity index is 1340. The number of ether oxygens (including phenoxy) is 1. The molecule has 1 N–H and O–H groups in total. The number of alkyl halides is 3. The zero-order valence-electron chi connectivity index (χ0n) is 20.1. The third-order valence-electron chi connectivity index (χ3n) is 5.69. The molecular weight excluding hydrogens is 506 g/mol. The molecule has 0 radical (unpaired) electrons. The molecule has 3 rings (SSSR count). The van der Waals surface area contributed by atoms with Crippen LogP contribution in [0.5, 0.6) is 11.5 Å². The van der Waals surface area contributed by atoms with E-state index in [1.54, 1.807) is 24.3 Å². The molecule has 0 aromatic heterocycles. The van der Waals surface area contributed by atoms with E-state index in [0.29, 0.717) is 18.1 Å². The van der Waals surface area contributed by atoms with Gasteiger partial charge in [0.15, 0.2) is 5.75 Å². The molecule has 186 valence electrons. The molecule has 0 heterocycles.